The molecule has 1 unspecified atom stereocenters. The van der Waals surface area contributed by atoms with Crippen LogP contribution in [0.5, 0.6) is 17.2 Å². The number of amides is 1. The average molecular weight is 313 g/mol. The van der Waals surface area contributed by atoms with E-state index in [1.807, 2.05) is 31.2 Å². The molecule has 1 amide bonds. The van der Waals surface area contributed by atoms with Crippen molar-refractivity contribution in [3.05, 3.63) is 48.0 Å². The van der Waals surface area contributed by atoms with Crippen molar-refractivity contribution >= 4 is 11.6 Å². The fourth-order valence-corrected chi connectivity index (χ4v) is 2.64. The number of nitrogens with zero attached hydrogens (tertiary/aromatic N) is 1. The van der Waals surface area contributed by atoms with Crippen LogP contribution in [0.25, 0.3) is 0 Å². The smallest absolute Gasteiger partial charge is 0.268 e. The highest BCUT2D eigenvalue weighted by molar-refractivity contribution is 5.99. The Balaban J connectivity index is 1.79. The highest BCUT2D eigenvalue weighted by atomic mass is 16.5. The minimum Gasteiger partial charge on any atom is -0.508 e. The third kappa shape index (κ3) is 3.08. The lowest BCUT2D eigenvalue weighted by atomic mass is 10.0. The molecule has 1 aliphatic heterocycles. The minimum absolute atomic E-state index is 0.0999. The van der Waals surface area contributed by atoms with E-state index in [0.717, 1.165) is 11.3 Å². The third-order valence-electron chi connectivity index (χ3n) is 3.84. The molecule has 1 aliphatic rings. The lowest BCUT2D eigenvalue weighted by Gasteiger charge is -2.32. The van der Waals surface area contributed by atoms with E-state index in [4.69, 9.17) is 9.47 Å². The Morgan fingerprint density at radius 3 is 2.65 bits per heavy atom. The minimum atomic E-state index is -0.604. The molecule has 2 aromatic rings. The van der Waals surface area contributed by atoms with Crippen LogP contribution in [0.2, 0.25) is 0 Å². The van der Waals surface area contributed by atoms with Crippen molar-refractivity contribution in [2.75, 3.05) is 18.6 Å². The maximum Gasteiger partial charge on any atom is 0.268 e. The molecule has 1 atom stereocenters. The predicted octanol–water partition coefficient (Wildman–Crippen LogP) is 2.76. The van der Waals surface area contributed by atoms with E-state index in [0.29, 0.717) is 24.5 Å². The number of likely N-dealkylation sites (N-methyl/N-ethyl adjacent to an activating group) is 1. The molecule has 120 valence electrons. The van der Waals surface area contributed by atoms with Crippen molar-refractivity contribution in [3.8, 4) is 17.2 Å². The van der Waals surface area contributed by atoms with Crippen LogP contribution in [0.4, 0.5) is 5.69 Å². The summed E-state index contributed by atoms with van der Waals surface area (Å²) < 4.78 is 11.2. The van der Waals surface area contributed by atoms with Crippen LogP contribution in [0, 0.1) is 0 Å². The van der Waals surface area contributed by atoms with E-state index >= 15 is 0 Å². The molecule has 3 rings (SSSR count). The first kappa shape index (κ1) is 15.2. The fraction of sp³-hybridized carbons (Fsp3) is 0.278. The van der Waals surface area contributed by atoms with Crippen LogP contribution in [0.15, 0.2) is 42.5 Å². The summed E-state index contributed by atoms with van der Waals surface area (Å²) in [4.78, 5) is 14.0. The van der Waals surface area contributed by atoms with Crippen LogP contribution in [0.1, 0.15) is 12.5 Å². The Kier molecular flexibility index (Phi) is 4.10. The van der Waals surface area contributed by atoms with E-state index in [1.54, 1.807) is 24.1 Å². The van der Waals surface area contributed by atoms with Gasteiger partial charge in [0.1, 0.15) is 17.2 Å². The number of carbonyl (C=O) groups is 1. The Morgan fingerprint density at radius 2 is 1.96 bits per heavy atom. The number of carbonyl (C=O) groups excluding carboxylic acids is 1. The van der Waals surface area contributed by atoms with Crippen molar-refractivity contribution in [2.45, 2.75) is 19.4 Å². The molecular weight excluding hydrogens is 294 g/mol. The lowest BCUT2D eigenvalue weighted by molar-refractivity contribution is -0.125. The number of ether oxygens (including phenoxy) is 2. The van der Waals surface area contributed by atoms with E-state index in [2.05, 4.69) is 0 Å². The number of fused-ring (bicyclic) bond motifs is 1. The van der Waals surface area contributed by atoms with E-state index in [9.17, 15) is 9.90 Å². The molecule has 0 bridgehead atoms. The molecular formula is C18H19NO4. The summed E-state index contributed by atoms with van der Waals surface area (Å²) in [5, 5.41) is 9.60. The number of hydrogen-bond donors (Lipinski definition) is 1. The van der Waals surface area contributed by atoms with Crippen molar-refractivity contribution in [1.82, 2.24) is 0 Å². The van der Waals surface area contributed by atoms with Gasteiger partial charge in [-0.2, -0.15) is 0 Å². The number of aromatic hydroxyl groups is 1. The number of anilines is 1. The van der Waals surface area contributed by atoms with Crippen molar-refractivity contribution < 1.29 is 19.4 Å². The molecule has 5 heteroatoms. The van der Waals surface area contributed by atoms with Gasteiger partial charge in [0.2, 0.25) is 0 Å². The number of phenols is 1. The van der Waals surface area contributed by atoms with E-state index in [-0.39, 0.29) is 11.7 Å². The number of benzene rings is 2. The van der Waals surface area contributed by atoms with Gasteiger partial charge in [0.15, 0.2) is 6.10 Å². The van der Waals surface area contributed by atoms with Gasteiger partial charge < -0.3 is 19.5 Å². The Labute approximate surface area is 135 Å². The third-order valence-corrected chi connectivity index (χ3v) is 3.84. The topological polar surface area (TPSA) is 59.0 Å². The van der Waals surface area contributed by atoms with Crippen molar-refractivity contribution in [3.63, 3.8) is 0 Å². The zero-order valence-electron chi connectivity index (χ0n) is 13.2. The van der Waals surface area contributed by atoms with Crippen LogP contribution in [-0.2, 0) is 11.2 Å². The SMILES string of the molecule is CCOc1ccc(CC2Oc3cc(O)ccc3N(C)C2=O)cc1. The van der Waals surface area contributed by atoms with Crippen molar-refractivity contribution in [1.29, 1.82) is 0 Å². The monoisotopic (exact) mass is 313 g/mol. The van der Waals surface area contributed by atoms with Gasteiger partial charge in [0.25, 0.3) is 5.91 Å². The average Bonchev–Trinajstić information content (AvgIpc) is 2.54. The molecule has 0 saturated heterocycles. The molecule has 2 aromatic carbocycles. The number of phenolic OH excluding ortho intramolecular Hbond substituents is 1. The summed E-state index contributed by atoms with van der Waals surface area (Å²) >= 11 is 0. The molecule has 5 nitrogen and oxygen atoms in total. The van der Waals surface area contributed by atoms with Gasteiger partial charge in [-0.3, -0.25) is 4.79 Å². The summed E-state index contributed by atoms with van der Waals surface area (Å²) in [7, 11) is 1.71. The Bertz CT molecular complexity index is 711. The summed E-state index contributed by atoms with van der Waals surface area (Å²) in [5.41, 5.74) is 1.65. The second-order valence-electron chi connectivity index (χ2n) is 5.44. The lowest BCUT2D eigenvalue weighted by Crippen LogP contribution is -2.44. The van der Waals surface area contributed by atoms with Gasteiger partial charge in [0.05, 0.1) is 12.3 Å². The molecule has 0 radical (unpaired) electrons. The van der Waals surface area contributed by atoms with Gasteiger partial charge in [-0.25, -0.2) is 0 Å². The second-order valence-corrected chi connectivity index (χ2v) is 5.44. The van der Waals surface area contributed by atoms with Gasteiger partial charge in [-0.1, -0.05) is 12.1 Å². The molecule has 23 heavy (non-hydrogen) atoms. The van der Waals surface area contributed by atoms with Gasteiger partial charge in [-0.05, 0) is 36.8 Å². The van der Waals surface area contributed by atoms with Crippen molar-refractivity contribution in [2.24, 2.45) is 0 Å². The Hall–Kier alpha value is -2.69. The maximum atomic E-state index is 12.5. The molecule has 0 fully saturated rings. The van der Waals surface area contributed by atoms with Gasteiger partial charge in [0, 0.05) is 19.5 Å². The number of hydrogen-bond acceptors (Lipinski definition) is 4. The zero-order chi connectivity index (χ0) is 16.4. The highest BCUT2D eigenvalue weighted by Gasteiger charge is 2.32. The summed E-state index contributed by atoms with van der Waals surface area (Å²) in [6.07, 6.45) is -0.141. The van der Waals surface area contributed by atoms with Crippen LogP contribution >= 0.6 is 0 Å². The second kappa shape index (κ2) is 6.20. The molecule has 0 aliphatic carbocycles. The summed E-state index contributed by atoms with van der Waals surface area (Å²) in [6, 6.07) is 12.4. The maximum absolute atomic E-state index is 12.5. The number of rotatable bonds is 4. The first-order chi connectivity index (χ1) is 11.1. The zero-order valence-corrected chi connectivity index (χ0v) is 13.2. The molecule has 0 saturated carbocycles. The van der Waals surface area contributed by atoms with E-state index < -0.39 is 6.10 Å². The Morgan fingerprint density at radius 1 is 1.22 bits per heavy atom. The quantitative estimate of drug-likeness (QED) is 0.943. The highest BCUT2D eigenvalue weighted by Crippen LogP contribution is 2.36. The fourth-order valence-electron chi connectivity index (χ4n) is 2.64. The van der Waals surface area contributed by atoms with Crippen LogP contribution < -0.4 is 14.4 Å². The molecule has 1 heterocycles. The van der Waals surface area contributed by atoms with Gasteiger partial charge >= 0.3 is 0 Å². The largest absolute Gasteiger partial charge is 0.508 e. The molecule has 0 spiro atoms. The van der Waals surface area contributed by atoms with E-state index in [1.165, 1.54) is 6.07 Å². The van der Waals surface area contributed by atoms with Crippen LogP contribution in [0.3, 0.4) is 0 Å². The van der Waals surface area contributed by atoms with Crippen LogP contribution in [-0.4, -0.2) is 30.8 Å². The summed E-state index contributed by atoms with van der Waals surface area (Å²) in [6.45, 7) is 2.56. The normalized spacial score (nSPS) is 16.7. The first-order valence-corrected chi connectivity index (χ1v) is 7.57. The predicted molar refractivity (Wildman–Crippen MR) is 87.2 cm³/mol. The summed E-state index contributed by atoms with van der Waals surface area (Å²) in [5.74, 6) is 1.34. The van der Waals surface area contributed by atoms with Gasteiger partial charge in [-0.15, -0.1) is 0 Å². The molecule has 0 aromatic heterocycles. The first-order valence-electron chi connectivity index (χ1n) is 7.57. The molecule has 1 N–H and O–H groups in total. The standard InChI is InChI=1S/C18H19NO4/c1-3-22-14-7-4-12(5-8-14)10-17-18(21)19(2)15-9-6-13(20)11-16(15)23-17/h4-9,11,17,20H,3,10H2,1-2H3.